The summed E-state index contributed by atoms with van der Waals surface area (Å²) in [6.45, 7) is 0. The van der Waals surface area contributed by atoms with Gasteiger partial charge >= 0.3 is 12.0 Å². The average molecular weight is 454 g/mol. The second kappa shape index (κ2) is 9.27. The van der Waals surface area contributed by atoms with Crippen molar-refractivity contribution in [3.8, 4) is 34.7 Å². The number of ether oxygens (including phenoxy) is 1. The minimum Gasteiger partial charge on any atom is -0.481 e. The molecule has 3 aromatic heterocycles. The predicted octanol–water partition coefficient (Wildman–Crippen LogP) is 4.37. The number of nitriles is 1. The van der Waals surface area contributed by atoms with E-state index in [1.807, 2.05) is 18.2 Å². The van der Waals surface area contributed by atoms with Gasteiger partial charge < -0.3 is 14.8 Å². The molecular weight excluding hydrogens is 432 g/mol. The van der Waals surface area contributed by atoms with Crippen molar-refractivity contribution in [3.05, 3.63) is 54.5 Å². The number of carbonyl (C=O) groups is 1. The number of carboxylic acid groups (broad SMARTS) is 1. The number of imidazole rings is 1. The van der Waals surface area contributed by atoms with E-state index in [0.717, 1.165) is 53.5 Å². The van der Waals surface area contributed by atoms with Crippen LogP contribution >= 0.6 is 0 Å². The number of nitrogens with one attached hydrogen (secondary N) is 1. The third kappa shape index (κ3) is 4.71. The van der Waals surface area contributed by atoms with Gasteiger partial charge in [0.25, 0.3) is 0 Å². The van der Waals surface area contributed by atoms with Crippen LogP contribution in [0, 0.1) is 17.2 Å². The van der Waals surface area contributed by atoms with Crippen LogP contribution < -0.4 is 4.74 Å². The Bertz CT molecular complexity index is 1350. The van der Waals surface area contributed by atoms with Crippen LogP contribution in [0.5, 0.6) is 6.01 Å². The molecule has 0 unspecified atom stereocenters. The number of aliphatic carboxylic acids is 1. The largest absolute Gasteiger partial charge is 0.481 e. The first-order valence-electron chi connectivity index (χ1n) is 11.1. The fraction of sp³-hybridized carbons (Fsp3) is 0.280. The first kappa shape index (κ1) is 21.5. The number of aromatic amines is 1. The summed E-state index contributed by atoms with van der Waals surface area (Å²) >= 11 is 0. The van der Waals surface area contributed by atoms with E-state index in [9.17, 15) is 4.79 Å². The fourth-order valence-electron chi connectivity index (χ4n) is 4.28. The highest BCUT2D eigenvalue weighted by Crippen LogP contribution is 2.29. The highest BCUT2D eigenvalue weighted by atomic mass is 16.5. The highest BCUT2D eigenvalue weighted by Gasteiger charge is 2.24. The number of benzene rings is 1. The summed E-state index contributed by atoms with van der Waals surface area (Å²) in [5, 5.41) is 18.0. The molecule has 5 rings (SSSR count). The molecule has 0 atom stereocenters. The van der Waals surface area contributed by atoms with Crippen LogP contribution in [0.2, 0.25) is 0 Å². The second-order valence-electron chi connectivity index (χ2n) is 8.47. The zero-order chi connectivity index (χ0) is 23.5. The van der Waals surface area contributed by atoms with Crippen molar-refractivity contribution in [1.29, 1.82) is 5.26 Å². The van der Waals surface area contributed by atoms with Crippen LogP contribution in [0.3, 0.4) is 0 Å². The molecule has 1 fully saturated rings. The number of carboxylic acids is 1. The van der Waals surface area contributed by atoms with Crippen molar-refractivity contribution in [2.45, 2.75) is 38.2 Å². The van der Waals surface area contributed by atoms with Crippen LogP contribution in [0.25, 0.3) is 33.7 Å². The first-order valence-corrected chi connectivity index (χ1v) is 11.1. The lowest BCUT2D eigenvalue weighted by molar-refractivity contribution is -0.138. The number of pyridine rings is 1. The summed E-state index contributed by atoms with van der Waals surface area (Å²) in [7, 11) is 0. The molecule has 1 aromatic carbocycles. The lowest BCUT2D eigenvalue weighted by Crippen LogP contribution is -2.25. The minimum absolute atomic E-state index is 0.0151. The quantitative estimate of drug-likeness (QED) is 0.438. The van der Waals surface area contributed by atoms with Gasteiger partial charge in [0.05, 0.1) is 28.4 Å². The molecule has 1 aliphatic carbocycles. The van der Waals surface area contributed by atoms with Gasteiger partial charge in [-0.2, -0.15) is 5.26 Å². The van der Waals surface area contributed by atoms with Crippen LogP contribution in [-0.2, 0) is 4.79 Å². The van der Waals surface area contributed by atoms with E-state index in [1.54, 1.807) is 30.7 Å². The maximum atomic E-state index is 10.9. The van der Waals surface area contributed by atoms with Crippen molar-refractivity contribution in [2.24, 2.45) is 5.92 Å². The summed E-state index contributed by atoms with van der Waals surface area (Å²) in [5.41, 5.74) is 4.50. The molecule has 2 N–H and O–H groups in total. The van der Waals surface area contributed by atoms with Gasteiger partial charge in [-0.3, -0.25) is 9.78 Å². The van der Waals surface area contributed by atoms with E-state index >= 15 is 0 Å². The molecule has 170 valence electrons. The number of hydrogen-bond acceptors (Lipinski definition) is 7. The fourth-order valence-corrected chi connectivity index (χ4v) is 4.28. The monoisotopic (exact) mass is 454 g/mol. The van der Waals surface area contributed by atoms with Crippen molar-refractivity contribution in [1.82, 2.24) is 24.9 Å². The SMILES string of the molecule is N#Cc1ccc2nc(-c3ccc(-c4cnc(OC5CCC(CC(=O)O)CC5)nc4)nc3)[nH]c2c1. The minimum atomic E-state index is -0.739. The summed E-state index contributed by atoms with van der Waals surface area (Å²) in [5.74, 6) is 0.170. The van der Waals surface area contributed by atoms with Gasteiger partial charge in [-0.15, -0.1) is 0 Å². The molecule has 0 amide bonds. The number of hydrogen-bond donors (Lipinski definition) is 2. The standard InChI is InChI=1S/C25H22N6O3/c26-11-16-3-7-21-22(9-16)31-24(30-21)17-4-8-20(27-12-17)18-13-28-25(29-14-18)34-19-5-1-15(2-6-19)10-23(32)33/h3-4,7-9,12-15,19H,1-2,5-6,10H2,(H,30,31)(H,32,33). The molecule has 0 radical (unpaired) electrons. The van der Waals surface area contributed by atoms with Gasteiger partial charge in [0.1, 0.15) is 11.9 Å². The lowest BCUT2D eigenvalue weighted by Gasteiger charge is -2.27. The lowest BCUT2D eigenvalue weighted by atomic mass is 9.85. The highest BCUT2D eigenvalue weighted by molar-refractivity contribution is 5.80. The Kier molecular flexibility index (Phi) is 5.87. The number of H-pyrrole nitrogens is 1. The van der Waals surface area contributed by atoms with Gasteiger partial charge in [0, 0.05) is 36.1 Å². The number of fused-ring (bicyclic) bond motifs is 1. The Morgan fingerprint density at radius 3 is 2.50 bits per heavy atom. The second-order valence-corrected chi connectivity index (χ2v) is 8.47. The summed E-state index contributed by atoms with van der Waals surface area (Å²) in [4.78, 5) is 31.9. The van der Waals surface area contributed by atoms with E-state index < -0.39 is 5.97 Å². The van der Waals surface area contributed by atoms with Crippen LogP contribution in [0.4, 0.5) is 0 Å². The summed E-state index contributed by atoms with van der Waals surface area (Å²) in [6, 6.07) is 11.6. The maximum Gasteiger partial charge on any atom is 0.316 e. The average Bonchev–Trinajstić information content (AvgIpc) is 3.29. The predicted molar refractivity (Wildman–Crippen MR) is 124 cm³/mol. The Balaban J connectivity index is 1.23. The van der Waals surface area contributed by atoms with Crippen LogP contribution in [0.1, 0.15) is 37.7 Å². The Morgan fingerprint density at radius 2 is 1.82 bits per heavy atom. The molecule has 9 heteroatoms. The Hall–Kier alpha value is -4.32. The molecule has 0 saturated heterocycles. The molecule has 1 aliphatic rings. The molecular formula is C25H22N6O3. The Morgan fingerprint density at radius 1 is 1.06 bits per heavy atom. The van der Waals surface area contributed by atoms with Gasteiger partial charge in [0.15, 0.2) is 0 Å². The zero-order valence-electron chi connectivity index (χ0n) is 18.3. The van der Waals surface area contributed by atoms with Crippen molar-refractivity contribution in [3.63, 3.8) is 0 Å². The summed E-state index contributed by atoms with van der Waals surface area (Å²) < 4.78 is 5.90. The zero-order valence-corrected chi connectivity index (χ0v) is 18.3. The van der Waals surface area contributed by atoms with Crippen molar-refractivity contribution in [2.75, 3.05) is 0 Å². The molecule has 9 nitrogen and oxygen atoms in total. The van der Waals surface area contributed by atoms with Crippen LogP contribution in [-0.4, -0.2) is 42.1 Å². The number of aromatic nitrogens is 5. The molecule has 3 heterocycles. The van der Waals surface area contributed by atoms with E-state index in [1.165, 1.54) is 0 Å². The molecule has 1 saturated carbocycles. The Labute approximate surface area is 195 Å². The third-order valence-corrected chi connectivity index (χ3v) is 6.10. The van der Waals surface area contributed by atoms with E-state index in [2.05, 4.69) is 31.0 Å². The molecule has 0 aliphatic heterocycles. The van der Waals surface area contributed by atoms with Crippen LogP contribution in [0.15, 0.2) is 48.9 Å². The van der Waals surface area contributed by atoms with Gasteiger partial charge in [0.2, 0.25) is 0 Å². The molecule has 34 heavy (non-hydrogen) atoms. The smallest absolute Gasteiger partial charge is 0.316 e. The van der Waals surface area contributed by atoms with Crippen molar-refractivity contribution >= 4 is 17.0 Å². The molecule has 0 bridgehead atoms. The first-order chi connectivity index (χ1) is 16.6. The van der Waals surface area contributed by atoms with E-state index in [4.69, 9.17) is 15.1 Å². The van der Waals surface area contributed by atoms with Crippen molar-refractivity contribution < 1.29 is 14.6 Å². The maximum absolute atomic E-state index is 10.9. The number of nitrogens with zero attached hydrogens (tertiary/aromatic N) is 5. The van der Waals surface area contributed by atoms with E-state index in [0.29, 0.717) is 17.4 Å². The topological polar surface area (TPSA) is 138 Å². The molecule has 4 aromatic rings. The summed E-state index contributed by atoms with van der Waals surface area (Å²) in [6.07, 6.45) is 8.65. The van der Waals surface area contributed by atoms with Gasteiger partial charge in [-0.05, 0) is 61.9 Å². The molecule has 0 spiro atoms. The van der Waals surface area contributed by atoms with Gasteiger partial charge in [-0.25, -0.2) is 15.0 Å². The normalized spacial score (nSPS) is 17.9. The number of rotatable bonds is 6. The third-order valence-electron chi connectivity index (χ3n) is 6.10. The van der Waals surface area contributed by atoms with E-state index in [-0.39, 0.29) is 18.4 Å². The van der Waals surface area contributed by atoms with Gasteiger partial charge in [-0.1, -0.05) is 0 Å².